The lowest BCUT2D eigenvalue weighted by atomic mass is 9.74. The second-order valence-corrected chi connectivity index (χ2v) is 5.80. The molecule has 3 rings (SSSR count). The minimum absolute atomic E-state index is 0.0919. The summed E-state index contributed by atoms with van der Waals surface area (Å²) in [5.74, 6) is 0.243. The molecule has 1 heterocycles. The summed E-state index contributed by atoms with van der Waals surface area (Å²) in [7, 11) is 1.48. The van der Waals surface area contributed by atoms with Crippen molar-refractivity contribution in [3.63, 3.8) is 0 Å². The molecule has 2 aliphatic rings. The van der Waals surface area contributed by atoms with Crippen molar-refractivity contribution in [2.75, 3.05) is 20.2 Å². The highest BCUT2D eigenvalue weighted by atomic mass is 16.5. The molecule has 0 amide bonds. The van der Waals surface area contributed by atoms with Crippen molar-refractivity contribution >= 4 is 5.97 Å². The Labute approximate surface area is 114 Å². The lowest BCUT2D eigenvalue weighted by Crippen LogP contribution is -2.38. The predicted molar refractivity (Wildman–Crippen MR) is 74.2 cm³/mol. The zero-order chi connectivity index (χ0) is 13.3. The molecule has 0 bridgehead atoms. The lowest BCUT2D eigenvalue weighted by molar-refractivity contribution is -0.141. The highest BCUT2D eigenvalue weighted by Gasteiger charge is 2.44. The maximum atomic E-state index is 11.6. The van der Waals surface area contributed by atoms with E-state index in [1.165, 1.54) is 31.1 Å². The topological polar surface area (TPSA) is 38.3 Å². The third kappa shape index (κ3) is 2.16. The van der Waals surface area contributed by atoms with E-state index in [4.69, 9.17) is 4.74 Å². The van der Waals surface area contributed by atoms with Crippen LogP contribution in [0.2, 0.25) is 0 Å². The van der Waals surface area contributed by atoms with E-state index in [1.54, 1.807) is 0 Å². The van der Waals surface area contributed by atoms with Crippen LogP contribution in [0.3, 0.4) is 0 Å². The number of fused-ring (bicyclic) bond motifs is 2. The molecule has 0 radical (unpaired) electrons. The van der Waals surface area contributed by atoms with Gasteiger partial charge in [-0.15, -0.1) is 0 Å². The third-order valence-corrected chi connectivity index (χ3v) is 4.81. The van der Waals surface area contributed by atoms with Gasteiger partial charge in [0.1, 0.15) is 0 Å². The largest absolute Gasteiger partial charge is 0.469 e. The molecule has 0 unspecified atom stereocenters. The van der Waals surface area contributed by atoms with Crippen LogP contribution in [0.5, 0.6) is 0 Å². The first kappa shape index (κ1) is 12.7. The van der Waals surface area contributed by atoms with Gasteiger partial charge in [-0.1, -0.05) is 24.3 Å². The Morgan fingerprint density at radius 3 is 2.84 bits per heavy atom. The number of nitrogens with one attached hydrogen (secondary N) is 1. The van der Waals surface area contributed by atoms with Crippen LogP contribution >= 0.6 is 0 Å². The normalized spacial score (nSPS) is 24.2. The highest BCUT2D eigenvalue weighted by Crippen LogP contribution is 2.51. The second kappa shape index (κ2) is 4.97. The third-order valence-electron chi connectivity index (χ3n) is 4.81. The van der Waals surface area contributed by atoms with Gasteiger partial charge in [0.25, 0.3) is 0 Å². The monoisotopic (exact) mass is 259 g/mol. The first-order valence-corrected chi connectivity index (χ1v) is 7.12. The van der Waals surface area contributed by atoms with E-state index in [9.17, 15) is 4.79 Å². The molecule has 1 atom stereocenters. The number of piperidine rings is 1. The minimum atomic E-state index is -0.0919. The summed E-state index contributed by atoms with van der Waals surface area (Å²) >= 11 is 0. The van der Waals surface area contributed by atoms with Gasteiger partial charge in [0.15, 0.2) is 0 Å². The first-order chi connectivity index (χ1) is 9.25. The molecule has 19 heavy (non-hydrogen) atoms. The molecule has 0 saturated carbocycles. The summed E-state index contributed by atoms with van der Waals surface area (Å²) in [6, 6.07) is 8.67. The Morgan fingerprint density at radius 1 is 1.37 bits per heavy atom. The van der Waals surface area contributed by atoms with E-state index in [0.717, 1.165) is 19.5 Å². The summed E-state index contributed by atoms with van der Waals surface area (Å²) in [6.07, 6.45) is 3.98. The number of carbonyl (C=O) groups excluding carboxylic acids is 1. The molecule has 1 saturated heterocycles. The Hall–Kier alpha value is -1.35. The molecule has 0 aromatic heterocycles. The van der Waals surface area contributed by atoms with Gasteiger partial charge in [-0.2, -0.15) is 0 Å². The number of ether oxygens (including phenoxy) is 1. The number of methoxy groups -OCH3 is 1. The predicted octanol–water partition coefficient (Wildman–Crippen LogP) is 2.36. The summed E-state index contributed by atoms with van der Waals surface area (Å²) in [5, 5.41) is 3.44. The van der Waals surface area contributed by atoms with E-state index >= 15 is 0 Å². The van der Waals surface area contributed by atoms with Crippen LogP contribution in [0.25, 0.3) is 0 Å². The van der Waals surface area contributed by atoms with Crippen LogP contribution in [0.15, 0.2) is 24.3 Å². The fourth-order valence-electron chi connectivity index (χ4n) is 3.87. The maximum absolute atomic E-state index is 11.6. The molecule has 1 aliphatic heterocycles. The maximum Gasteiger partial charge on any atom is 0.306 e. The molecular weight excluding hydrogens is 238 g/mol. The van der Waals surface area contributed by atoms with Crippen molar-refractivity contribution in [2.45, 2.75) is 37.0 Å². The van der Waals surface area contributed by atoms with Crippen LogP contribution in [0, 0.1) is 0 Å². The molecule has 1 fully saturated rings. The molecule has 3 nitrogen and oxygen atoms in total. The Bertz CT molecular complexity index is 477. The van der Waals surface area contributed by atoms with E-state index in [1.807, 2.05) is 0 Å². The minimum Gasteiger partial charge on any atom is -0.469 e. The van der Waals surface area contributed by atoms with Crippen LogP contribution in [0.1, 0.15) is 42.7 Å². The van der Waals surface area contributed by atoms with Crippen LogP contribution < -0.4 is 5.32 Å². The number of benzene rings is 1. The molecule has 1 aromatic carbocycles. The Balaban J connectivity index is 1.92. The molecule has 1 aromatic rings. The standard InChI is InChI=1S/C16H21NO2/c1-19-15(18)10-12-11-16(6-8-17-9-7-16)14-5-3-2-4-13(12)14/h2-5,12,17H,6-11H2,1H3/t12-/m1/s1. The molecule has 102 valence electrons. The molecule has 1 aliphatic carbocycles. The second-order valence-electron chi connectivity index (χ2n) is 5.80. The summed E-state index contributed by atoms with van der Waals surface area (Å²) in [4.78, 5) is 11.6. The number of carbonyl (C=O) groups is 1. The smallest absolute Gasteiger partial charge is 0.306 e. The number of hydrogen-bond donors (Lipinski definition) is 1. The zero-order valence-corrected chi connectivity index (χ0v) is 11.4. The molecule has 1 N–H and O–H groups in total. The summed E-state index contributed by atoms with van der Waals surface area (Å²) in [5.41, 5.74) is 3.14. The number of rotatable bonds is 2. The molecular formula is C16H21NO2. The van der Waals surface area contributed by atoms with Crippen molar-refractivity contribution in [3.05, 3.63) is 35.4 Å². The van der Waals surface area contributed by atoms with E-state index in [2.05, 4.69) is 29.6 Å². The SMILES string of the molecule is COC(=O)C[C@@H]1CC2(CCNCC2)c2ccccc21. The van der Waals surface area contributed by atoms with Gasteiger partial charge in [0, 0.05) is 0 Å². The van der Waals surface area contributed by atoms with Gasteiger partial charge in [-0.05, 0) is 54.8 Å². The lowest BCUT2D eigenvalue weighted by Gasteiger charge is -2.35. The first-order valence-electron chi connectivity index (χ1n) is 7.12. The van der Waals surface area contributed by atoms with Crippen molar-refractivity contribution in [1.29, 1.82) is 0 Å². The van der Waals surface area contributed by atoms with Crippen LogP contribution in [-0.4, -0.2) is 26.2 Å². The van der Waals surface area contributed by atoms with Gasteiger partial charge in [0.05, 0.1) is 13.5 Å². The van der Waals surface area contributed by atoms with Crippen LogP contribution in [-0.2, 0) is 14.9 Å². The quantitative estimate of drug-likeness (QED) is 0.829. The average Bonchev–Trinajstić information content (AvgIpc) is 2.74. The zero-order valence-electron chi connectivity index (χ0n) is 11.4. The average molecular weight is 259 g/mol. The van der Waals surface area contributed by atoms with Gasteiger partial charge in [-0.25, -0.2) is 0 Å². The molecule has 3 heteroatoms. The number of esters is 1. The van der Waals surface area contributed by atoms with Gasteiger partial charge in [-0.3, -0.25) is 4.79 Å². The Kier molecular flexibility index (Phi) is 3.31. The van der Waals surface area contributed by atoms with Crippen molar-refractivity contribution in [3.8, 4) is 0 Å². The van der Waals surface area contributed by atoms with E-state index in [-0.39, 0.29) is 5.97 Å². The fraction of sp³-hybridized carbons (Fsp3) is 0.562. The van der Waals surface area contributed by atoms with E-state index < -0.39 is 0 Å². The van der Waals surface area contributed by atoms with Crippen molar-refractivity contribution < 1.29 is 9.53 Å². The van der Waals surface area contributed by atoms with Crippen molar-refractivity contribution in [2.24, 2.45) is 0 Å². The summed E-state index contributed by atoms with van der Waals surface area (Å²) in [6.45, 7) is 2.17. The summed E-state index contributed by atoms with van der Waals surface area (Å²) < 4.78 is 4.85. The van der Waals surface area contributed by atoms with Crippen LogP contribution in [0.4, 0.5) is 0 Å². The highest BCUT2D eigenvalue weighted by molar-refractivity contribution is 5.71. The van der Waals surface area contributed by atoms with Gasteiger partial charge in [0.2, 0.25) is 0 Å². The fourth-order valence-corrected chi connectivity index (χ4v) is 3.87. The van der Waals surface area contributed by atoms with Gasteiger partial charge < -0.3 is 10.1 Å². The number of hydrogen-bond acceptors (Lipinski definition) is 3. The van der Waals surface area contributed by atoms with Crippen molar-refractivity contribution in [1.82, 2.24) is 5.32 Å². The molecule has 1 spiro atoms. The Morgan fingerprint density at radius 2 is 2.11 bits per heavy atom. The van der Waals surface area contributed by atoms with Gasteiger partial charge >= 0.3 is 5.97 Å². The van der Waals surface area contributed by atoms with E-state index in [0.29, 0.717) is 17.8 Å².